The maximum atomic E-state index is 11.8. The lowest BCUT2D eigenvalue weighted by Gasteiger charge is -2.02. The highest BCUT2D eigenvalue weighted by Crippen LogP contribution is 2.22. The van der Waals surface area contributed by atoms with Crippen LogP contribution in [-0.4, -0.2) is 10.8 Å². The predicted molar refractivity (Wildman–Crippen MR) is 66.6 cm³/mol. The molecule has 0 atom stereocenters. The minimum Gasteiger partial charge on any atom is -0.293 e. The summed E-state index contributed by atoms with van der Waals surface area (Å²) in [6.07, 6.45) is 1.84. The molecule has 5 heteroatoms. The van der Waals surface area contributed by atoms with Crippen LogP contribution in [0.15, 0.2) is 29.9 Å². The molecule has 0 bridgehead atoms. The molecule has 0 saturated carbocycles. The van der Waals surface area contributed by atoms with Crippen LogP contribution in [0.25, 0.3) is 0 Å². The van der Waals surface area contributed by atoms with Crippen molar-refractivity contribution in [3.05, 3.63) is 50.4 Å². The Morgan fingerprint density at radius 3 is 2.81 bits per heavy atom. The predicted octanol–water partition coefficient (Wildman–Crippen LogP) is 3.88. The second-order valence-corrected chi connectivity index (χ2v) is 4.93. The van der Waals surface area contributed by atoms with Crippen LogP contribution in [0, 0.1) is 0 Å². The second-order valence-electron chi connectivity index (χ2n) is 3.20. The van der Waals surface area contributed by atoms with Crippen molar-refractivity contribution in [1.82, 2.24) is 4.98 Å². The number of hydrogen-bond acceptors (Lipinski definition) is 3. The van der Waals surface area contributed by atoms with Crippen molar-refractivity contribution in [2.45, 2.75) is 6.42 Å². The van der Waals surface area contributed by atoms with Gasteiger partial charge in [0, 0.05) is 22.7 Å². The Morgan fingerprint density at radius 1 is 1.38 bits per heavy atom. The number of nitrogens with zero attached hydrogens (tertiary/aromatic N) is 1. The monoisotopic (exact) mass is 271 g/mol. The van der Waals surface area contributed by atoms with Gasteiger partial charge in [-0.1, -0.05) is 29.3 Å². The number of hydrogen-bond donors (Lipinski definition) is 0. The van der Waals surface area contributed by atoms with E-state index in [4.69, 9.17) is 23.2 Å². The van der Waals surface area contributed by atoms with Crippen LogP contribution in [0.3, 0.4) is 0 Å². The normalized spacial score (nSPS) is 10.4. The highest BCUT2D eigenvalue weighted by Gasteiger charge is 2.11. The maximum Gasteiger partial charge on any atom is 0.178 e. The molecule has 1 aromatic heterocycles. The Morgan fingerprint density at radius 2 is 2.19 bits per heavy atom. The number of thiazole rings is 1. The topological polar surface area (TPSA) is 30.0 Å². The summed E-state index contributed by atoms with van der Waals surface area (Å²) in [5.74, 6) is 0.0201. The number of benzene rings is 1. The molecule has 2 rings (SSSR count). The largest absolute Gasteiger partial charge is 0.293 e. The SMILES string of the molecule is O=C(Cc1ccc(Cl)cc1Cl)c1cncs1. The van der Waals surface area contributed by atoms with Crippen molar-refractivity contribution in [1.29, 1.82) is 0 Å². The first-order valence-electron chi connectivity index (χ1n) is 4.52. The highest BCUT2D eigenvalue weighted by atomic mass is 35.5. The van der Waals surface area contributed by atoms with Crippen LogP contribution in [0.1, 0.15) is 15.2 Å². The van der Waals surface area contributed by atoms with Gasteiger partial charge in [0.05, 0.1) is 10.4 Å². The van der Waals surface area contributed by atoms with E-state index in [2.05, 4.69) is 4.98 Å². The van der Waals surface area contributed by atoms with Crippen LogP contribution in [0.4, 0.5) is 0 Å². The summed E-state index contributed by atoms with van der Waals surface area (Å²) in [4.78, 5) is 16.3. The van der Waals surface area contributed by atoms with Crippen LogP contribution in [0.5, 0.6) is 0 Å². The van der Waals surface area contributed by atoms with Crippen LogP contribution >= 0.6 is 34.5 Å². The Balaban J connectivity index is 2.18. The quantitative estimate of drug-likeness (QED) is 0.794. The molecule has 0 aliphatic carbocycles. The van der Waals surface area contributed by atoms with Gasteiger partial charge in [-0.3, -0.25) is 9.78 Å². The average Bonchev–Trinajstić information content (AvgIpc) is 2.75. The van der Waals surface area contributed by atoms with Crippen molar-refractivity contribution < 1.29 is 4.79 Å². The average molecular weight is 272 g/mol. The molecule has 0 N–H and O–H groups in total. The summed E-state index contributed by atoms with van der Waals surface area (Å²) >= 11 is 13.1. The van der Waals surface area contributed by atoms with Crippen LogP contribution in [-0.2, 0) is 6.42 Å². The van der Waals surface area contributed by atoms with Crippen LogP contribution in [0.2, 0.25) is 10.0 Å². The van der Waals surface area contributed by atoms with E-state index < -0.39 is 0 Å². The molecule has 0 aliphatic heterocycles. The van der Waals surface area contributed by atoms with Gasteiger partial charge in [0.2, 0.25) is 0 Å². The molecule has 0 saturated heterocycles. The Labute approximate surface area is 107 Å². The van der Waals surface area contributed by atoms with E-state index in [0.717, 1.165) is 5.56 Å². The first-order chi connectivity index (χ1) is 7.66. The zero-order chi connectivity index (χ0) is 11.5. The fourth-order valence-corrected chi connectivity index (χ4v) is 2.31. The molecule has 16 heavy (non-hydrogen) atoms. The molecular weight excluding hydrogens is 265 g/mol. The minimum absolute atomic E-state index is 0.0201. The smallest absolute Gasteiger partial charge is 0.178 e. The molecule has 0 fully saturated rings. The van der Waals surface area contributed by atoms with E-state index in [0.29, 0.717) is 14.9 Å². The van der Waals surface area contributed by atoms with E-state index >= 15 is 0 Å². The van der Waals surface area contributed by atoms with Gasteiger partial charge in [-0.15, -0.1) is 11.3 Å². The molecule has 0 radical (unpaired) electrons. The second kappa shape index (κ2) is 4.95. The van der Waals surface area contributed by atoms with Gasteiger partial charge in [-0.2, -0.15) is 0 Å². The molecular formula is C11H7Cl2NOS. The van der Waals surface area contributed by atoms with E-state index in [1.807, 2.05) is 0 Å². The Hall–Kier alpha value is -0.900. The van der Waals surface area contributed by atoms with Crippen molar-refractivity contribution in [3.63, 3.8) is 0 Å². The maximum absolute atomic E-state index is 11.8. The van der Waals surface area contributed by atoms with Gasteiger partial charge in [-0.05, 0) is 17.7 Å². The number of ketones is 1. The lowest BCUT2D eigenvalue weighted by Crippen LogP contribution is -2.01. The Kier molecular flexibility index (Phi) is 3.59. The zero-order valence-corrected chi connectivity index (χ0v) is 10.4. The molecule has 0 spiro atoms. The van der Waals surface area contributed by atoms with Crippen molar-refractivity contribution >= 4 is 40.3 Å². The third kappa shape index (κ3) is 2.61. The summed E-state index contributed by atoms with van der Waals surface area (Å²) in [7, 11) is 0. The number of carbonyl (C=O) groups is 1. The third-order valence-corrected chi connectivity index (χ3v) is 3.47. The molecule has 0 unspecified atom stereocenters. The first kappa shape index (κ1) is 11.6. The number of rotatable bonds is 3. The third-order valence-electron chi connectivity index (χ3n) is 2.07. The lowest BCUT2D eigenvalue weighted by molar-refractivity contribution is 0.0996. The summed E-state index contributed by atoms with van der Waals surface area (Å²) in [5, 5.41) is 1.09. The summed E-state index contributed by atoms with van der Waals surface area (Å²) in [5.41, 5.74) is 2.42. The first-order valence-corrected chi connectivity index (χ1v) is 6.16. The van der Waals surface area contributed by atoms with Gasteiger partial charge in [0.25, 0.3) is 0 Å². The molecule has 1 heterocycles. The summed E-state index contributed by atoms with van der Waals surface area (Å²) in [6, 6.07) is 5.13. The molecule has 2 nitrogen and oxygen atoms in total. The summed E-state index contributed by atoms with van der Waals surface area (Å²) < 4.78 is 0. The molecule has 82 valence electrons. The van der Waals surface area contributed by atoms with Gasteiger partial charge < -0.3 is 0 Å². The Bertz CT molecular complexity index is 511. The van der Waals surface area contributed by atoms with Gasteiger partial charge in [0.1, 0.15) is 0 Å². The molecule has 0 aliphatic rings. The molecule has 1 aromatic carbocycles. The van der Waals surface area contributed by atoms with Gasteiger partial charge in [0.15, 0.2) is 5.78 Å². The zero-order valence-electron chi connectivity index (χ0n) is 8.11. The van der Waals surface area contributed by atoms with Crippen molar-refractivity contribution in [3.8, 4) is 0 Å². The van der Waals surface area contributed by atoms with E-state index in [1.165, 1.54) is 11.3 Å². The standard InChI is InChI=1S/C11H7Cl2NOS/c12-8-2-1-7(9(13)4-8)3-10(15)11-5-14-6-16-11/h1-2,4-6H,3H2. The fraction of sp³-hybridized carbons (Fsp3) is 0.0909. The fourth-order valence-electron chi connectivity index (χ4n) is 1.28. The number of carbonyl (C=O) groups excluding carboxylic acids is 1. The van der Waals surface area contributed by atoms with Crippen LogP contribution < -0.4 is 0 Å². The number of aromatic nitrogens is 1. The number of Topliss-reactive ketones (excluding diaryl/α,β-unsaturated/α-hetero) is 1. The minimum atomic E-state index is 0.0201. The van der Waals surface area contributed by atoms with Gasteiger partial charge >= 0.3 is 0 Å². The van der Waals surface area contributed by atoms with E-state index in [9.17, 15) is 4.79 Å². The number of halogens is 2. The molecule has 2 aromatic rings. The van der Waals surface area contributed by atoms with Crippen molar-refractivity contribution in [2.75, 3.05) is 0 Å². The van der Waals surface area contributed by atoms with Gasteiger partial charge in [-0.25, -0.2) is 0 Å². The lowest BCUT2D eigenvalue weighted by atomic mass is 10.1. The van der Waals surface area contributed by atoms with Crippen molar-refractivity contribution in [2.24, 2.45) is 0 Å². The highest BCUT2D eigenvalue weighted by molar-refractivity contribution is 7.11. The molecule has 0 amide bonds. The summed E-state index contributed by atoms with van der Waals surface area (Å²) in [6.45, 7) is 0. The van der Waals surface area contributed by atoms with E-state index in [-0.39, 0.29) is 12.2 Å². The van der Waals surface area contributed by atoms with E-state index in [1.54, 1.807) is 29.9 Å².